The van der Waals surface area contributed by atoms with Crippen LogP contribution in [0.4, 0.5) is 0 Å². The van der Waals surface area contributed by atoms with Gasteiger partial charge in [-0.1, -0.05) is 18.2 Å². The number of hydrogen-bond acceptors (Lipinski definition) is 3. The smallest absolute Gasteiger partial charge is 0.0439 e. The third-order valence-electron chi connectivity index (χ3n) is 1.97. The quantitative estimate of drug-likeness (QED) is 0.579. The molecule has 0 saturated carbocycles. The molecule has 0 fully saturated rings. The van der Waals surface area contributed by atoms with Crippen LogP contribution in [0, 0.1) is 0 Å². The summed E-state index contributed by atoms with van der Waals surface area (Å²) in [5, 5.41) is 8.68. The van der Waals surface area contributed by atoms with Gasteiger partial charge in [-0.25, -0.2) is 0 Å². The number of rotatable bonds is 5. The molecule has 0 heterocycles. The third-order valence-corrected chi connectivity index (χ3v) is 3.15. The summed E-state index contributed by atoms with van der Waals surface area (Å²) in [7, 11) is 0. The fourth-order valence-corrected chi connectivity index (χ4v) is 2.32. The van der Waals surface area contributed by atoms with Crippen LogP contribution < -0.4 is 5.73 Å². The Kier molecular flexibility index (Phi) is 5.01. The van der Waals surface area contributed by atoms with E-state index in [2.05, 4.69) is 12.1 Å². The van der Waals surface area contributed by atoms with Gasteiger partial charge in [0.15, 0.2) is 0 Å². The van der Waals surface area contributed by atoms with Gasteiger partial charge in [0.25, 0.3) is 0 Å². The maximum Gasteiger partial charge on any atom is 0.0439 e. The van der Waals surface area contributed by atoms with E-state index in [1.54, 1.807) is 11.8 Å². The Bertz CT molecular complexity index is 276. The van der Waals surface area contributed by atoms with E-state index in [1.165, 1.54) is 10.5 Å². The Balaban J connectivity index is 2.64. The van der Waals surface area contributed by atoms with Gasteiger partial charge in [0, 0.05) is 23.3 Å². The summed E-state index contributed by atoms with van der Waals surface area (Å²) in [6.45, 7) is 2.25. The molecular formula is C11H17NOS. The van der Waals surface area contributed by atoms with Crippen molar-refractivity contribution in [2.24, 2.45) is 5.73 Å². The van der Waals surface area contributed by atoms with Crippen molar-refractivity contribution in [1.82, 2.24) is 0 Å². The molecule has 1 rings (SSSR count). The normalized spacial score (nSPS) is 12.8. The van der Waals surface area contributed by atoms with Crippen LogP contribution >= 0.6 is 11.8 Å². The molecule has 0 spiro atoms. The molecule has 3 N–H and O–H groups in total. The highest BCUT2D eigenvalue weighted by Gasteiger charge is 2.05. The van der Waals surface area contributed by atoms with Gasteiger partial charge in [0.1, 0.15) is 0 Å². The lowest BCUT2D eigenvalue weighted by Crippen LogP contribution is -2.06. The predicted octanol–water partition coefficient (Wildman–Crippen LogP) is 2.18. The molecule has 0 aliphatic carbocycles. The van der Waals surface area contributed by atoms with Crippen LogP contribution in [0.1, 0.15) is 24.9 Å². The lowest BCUT2D eigenvalue weighted by molar-refractivity contribution is 0.296. The highest BCUT2D eigenvalue weighted by Crippen LogP contribution is 2.26. The molecule has 0 unspecified atom stereocenters. The number of aliphatic hydroxyl groups excluding tert-OH is 1. The minimum atomic E-state index is 0.0767. The summed E-state index contributed by atoms with van der Waals surface area (Å²) >= 11 is 1.76. The standard InChI is InChI=1S/C11H17NOS/c1-9(12)10-5-2-3-6-11(10)14-8-4-7-13/h2-3,5-6,9,13H,4,7-8,12H2,1H3/t9-/m1/s1. The fraction of sp³-hybridized carbons (Fsp3) is 0.455. The minimum absolute atomic E-state index is 0.0767. The number of thioether (sulfide) groups is 1. The van der Waals surface area contributed by atoms with Crippen molar-refractivity contribution in [2.45, 2.75) is 24.3 Å². The van der Waals surface area contributed by atoms with Crippen molar-refractivity contribution >= 4 is 11.8 Å². The van der Waals surface area contributed by atoms with Gasteiger partial charge >= 0.3 is 0 Å². The van der Waals surface area contributed by atoms with E-state index in [-0.39, 0.29) is 12.6 Å². The van der Waals surface area contributed by atoms with E-state index in [0.29, 0.717) is 0 Å². The molecule has 0 aliphatic rings. The second-order valence-electron chi connectivity index (χ2n) is 3.25. The summed E-state index contributed by atoms with van der Waals surface area (Å²) < 4.78 is 0. The van der Waals surface area contributed by atoms with Gasteiger partial charge in [0.05, 0.1) is 0 Å². The van der Waals surface area contributed by atoms with Gasteiger partial charge in [0.2, 0.25) is 0 Å². The summed E-state index contributed by atoms with van der Waals surface area (Å²) in [5.74, 6) is 0.945. The van der Waals surface area contributed by atoms with Crippen molar-refractivity contribution in [3.05, 3.63) is 29.8 Å². The Labute approximate surface area is 89.5 Å². The van der Waals surface area contributed by atoms with Crippen LogP contribution in [0.5, 0.6) is 0 Å². The average Bonchev–Trinajstić information content (AvgIpc) is 2.19. The molecule has 0 saturated heterocycles. The molecule has 2 nitrogen and oxygen atoms in total. The summed E-state index contributed by atoms with van der Waals surface area (Å²) in [6.07, 6.45) is 0.831. The van der Waals surface area contributed by atoms with Crippen LogP contribution in [0.15, 0.2) is 29.2 Å². The molecule has 1 aromatic carbocycles. The highest BCUT2D eigenvalue weighted by atomic mass is 32.2. The molecule has 0 aliphatic heterocycles. The van der Waals surface area contributed by atoms with E-state index >= 15 is 0 Å². The monoisotopic (exact) mass is 211 g/mol. The maximum atomic E-state index is 8.68. The summed E-state index contributed by atoms with van der Waals surface area (Å²) in [6, 6.07) is 8.25. The average molecular weight is 211 g/mol. The van der Waals surface area contributed by atoms with Crippen LogP contribution in [0.3, 0.4) is 0 Å². The van der Waals surface area contributed by atoms with Crippen molar-refractivity contribution in [2.75, 3.05) is 12.4 Å². The molecule has 0 aromatic heterocycles. The van der Waals surface area contributed by atoms with Crippen LogP contribution in [-0.4, -0.2) is 17.5 Å². The fourth-order valence-electron chi connectivity index (χ4n) is 1.23. The molecule has 0 amide bonds. The first-order chi connectivity index (χ1) is 6.75. The molecule has 14 heavy (non-hydrogen) atoms. The predicted molar refractivity (Wildman–Crippen MR) is 61.5 cm³/mol. The zero-order valence-electron chi connectivity index (χ0n) is 8.44. The van der Waals surface area contributed by atoms with Crippen LogP contribution in [0.2, 0.25) is 0 Å². The van der Waals surface area contributed by atoms with E-state index in [4.69, 9.17) is 10.8 Å². The van der Waals surface area contributed by atoms with E-state index in [9.17, 15) is 0 Å². The van der Waals surface area contributed by atoms with Gasteiger partial charge in [-0.15, -0.1) is 11.8 Å². The summed E-state index contributed by atoms with van der Waals surface area (Å²) in [5.41, 5.74) is 7.05. The molecule has 78 valence electrons. The molecule has 3 heteroatoms. The third kappa shape index (κ3) is 3.33. The number of hydrogen-bond donors (Lipinski definition) is 2. The molecule has 1 aromatic rings. The van der Waals surface area contributed by atoms with Gasteiger partial charge < -0.3 is 10.8 Å². The highest BCUT2D eigenvalue weighted by molar-refractivity contribution is 7.99. The zero-order chi connectivity index (χ0) is 10.4. The number of aliphatic hydroxyl groups is 1. The lowest BCUT2D eigenvalue weighted by atomic mass is 10.1. The van der Waals surface area contributed by atoms with Crippen molar-refractivity contribution < 1.29 is 5.11 Å². The number of nitrogens with two attached hydrogens (primary N) is 1. The lowest BCUT2D eigenvalue weighted by Gasteiger charge is -2.11. The molecule has 0 bridgehead atoms. The van der Waals surface area contributed by atoms with Gasteiger partial charge in [-0.3, -0.25) is 0 Å². The Morgan fingerprint density at radius 1 is 1.43 bits per heavy atom. The second kappa shape index (κ2) is 6.06. The van der Waals surface area contributed by atoms with Crippen molar-refractivity contribution in [3.63, 3.8) is 0 Å². The van der Waals surface area contributed by atoms with Crippen molar-refractivity contribution in [3.8, 4) is 0 Å². The Morgan fingerprint density at radius 2 is 2.14 bits per heavy atom. The molecular weight excluding hydrogens is 194 g/mol. The zero-order valence-corrected chi connectivity index (χ0v) is 9.26. The largest absolute Gasteiger partial charge is 0.396 e. The molecule has 1 atom stereocenters. The van der Waals surface area contributed by atoms with Crippen LogP contribution in [0.25, 0.3) is 0 Å². The number of benzene rings is 1. The van der Waals surface area contributed by atoms with E-state index < -0.39 is 0 Å². The molecule has 0 radical (unpaired) electrons. The van der Waals surface area contributed by atoms with Gasteiger partial charge in [-0.2, -0.15) is 0 Å². The first kappa shape index (κ1) is 11.6. The summed E-state index contributed by atoms with van der Waals surface area (Å²) in [4.78, 5) is 1.23. The topological polar surface area (TPSA) is 46.2 Å². The van der Waals surface area contributed by atoms with Crippen LogP contribution in [-0.2, 0) is 0 Å². The van der Waals surface area contributed by atoms with E-state index in [1.807, 2.05) is 19.1 Å². The Hall–Kier alpha value is -0.510. The van der Waals surface area contributed by atoms with E-state index in [0.717, 1.165) is 12.2 Å². The minimum Gasteiger partial charge on any atom is -0.396 e. The maximum absolute atomic E-state index is 8.68. The second-order valence-corrected chi connectivity index (χ2v) is 4.39. The first-order valence-corrected chi connectivity index (χ1v) is 5.82. The first-order valence-electron chi connectivity index (χ1n) is 4.84. The Morgan fingerprint density at radius 3 is 2.79 bits per heavy atom. The van der Waals surface area contributed by atoms with Gasteiger partial charge in [-0.05, 0) is 25.0 Å². The SMILES string of the molecule is C[C@@H](N)c1ccccc1SCCCO. The van der Waals surface area contributed by atoms with Crippen molar-refractivity contribution in [1.29, 1.82) is 0 Å².